The molecule has 1 aromatic heterocycles. The van der Waals surface area contributed by atoms with Crippen molar-refractivity contribution in [3.05, 3.63) is 59.9 Å². The molecule has 2 N–H and O–H groups in total. The predicted octanol–water partition coefficient (Wildman–Crippen LogP) is 2.52. The molecule has 0 radical (unpaired) electrons. The van der Waals surface area contributed by atoms with E-state index in [4.69, 9.17) is 4.74 Å². The number of amides is 2. The topological polar surface area (TPSA) is 80.3 Å². The molecule has 0 saturated carbocycles. The minimum atomic E-state index is -0.624. The van der Waals surface area contributed by atoms with Crippen molar-refractivity contribution in [3.8, 4) is 5.75 Å². The van der Waals surface area contributed by atoms with Gasteiger partial charge in [-0.3, -0.25) is 14.6 Å². The summed E-state index contributed by atoms with van der Waals surface area (Å²) in [6, 6.07) is 12.8. The predicted molar refractivity (Wildman–Crippen MR) is 100 cm³/mol. The molecule has 0 bridgehead atoms. The summed E-state index contributed by atoms with van der Waals surface area (Å²) in [6.45, 7) is 6.50. The van der Waals surface area contributed by atoms with E-state index in [1.807, 2.05) is 24.3 Å². The second-order valence-electron chi connectivity index (χ2n) is 6.21. The van der Waals surface area contributed by atoms with E-state index in [1.54, 1.807) is 31.3 Å². The van der Waals surface area contributed by atoms with Gasteiger partial charge in [-0.2, -0.15) is 0 Å². The molecular formula is C20H25N3O3. The van der Waals surface area contributed by atoms with Crippen LogP contribution in [-0.2, 0) is 4.79 Å². The molecule has 1 aromatic carbocycles. The van der Waals surface area contributed by atoms with Crippen molar-refractivity contribution in [2.75, 3.05) is 13.1 Å². The summed E-state index contributed by atoms with van der Waals surface area (Å²) >= 11 is 0. The van der Waals surface area contributed by atoms with Gasteiger partial charge in [0.25, 0.3) is 11.8 Å². The van der Waals surface area contributed by atoms with Gasteiger partial charge < -0.3 is 15.4 Å². The fraction of sp³-hybridized carbons (Fsp3) is 0.350. The molecule has 1 unspecified atom stereocenters. The van der Waals surface area contributed by atoms with Gasteiger partial charge in [0.2, 0.25) is 0 Å². The maximum atomic E-state index is 12.2. The first-order valence-electron chi connectivity index (χ1n) is 8.71. The molecule has 0 saturated heterocycles. The van der Waals surface area contributed by atoms with Crippen LogP contribution in [0, 0.1) is 0 Å². The average Bonchev–Trinajstić information content (AvgIpc) is 2.65. The van der Waals surface area contributed by atoms with Crippen LogP contribution in [0.3, 0.4) is 0 Å². The second kappa shape index (κ2) is 9.56. The lowest BCUT2D eigenvalue weighted by Gasteiger charge is -2.18. The smallest absolute Gasteiger partial charge is 0.269 e. The van der Waals surface area contributed by atoms with Gasteiger partial charge in [-0.05, 0) is 36.6 Å². The summed E-state index contributed by atoms with van der Waals surface area (Å²) in [7, 11) is 0. The van der Waals surface area contributed by atoms with Gasteiger partial charge in [0.15, 0.2) is 6.10 Å². The Labute approximate surface area is 154 Å². The van der Waals surface area contributed by atoms with Crippen molar-refractivity contribution >= 4 is 11.8 Å². The van der Waals surface area contributed by atoms with Crippen LogP contribution >= 0.6 is 0 Å². The van der Waals surface area contributed by atoms with Gasteiger partial charge in [0.05, 0.1) is 0 Å². The number of carbonyl (C=O) groups is 2. The number of nitrogens with zero attached hydrogens (tertiary/aromatic N) is 1. The van der Waals surface area contributed by atoms with E-state index in [0.29, 0.717) is 30.5 Å². The number of hydrogen-bond donors (Lipinski definition) is 2. The van der Waals surface area contributed by atoms with Crippen LogP contribution in [-0.4, -0.2) is 36.0 Å². The van der Waals surface area contributed by atoms with E-state index in [-0.39, 0.29) is 11.8 Å². The van der Waals surface area contributed by atoms with Crippen molar-refractivity contribution in [3.63, 3.8) is 0 Å². The minimum absolute atomic E-state index is 0.226. The van der Waals surface area contributed by atoms with E-state index in [1.165, 1.54) is 0 Å². The first kappa shape index (κ1) is 19.4. The van der Waals surface area contributed by atoms with Crippen molar-refractivity contribution in [1.82, 2.24) is 15.6 Å². The molecule has 1 heterocycles. The molecule has 26 heavy (non-hydrogen) atoms. The normalized spacial score (nSPS) is 11.7. The zero-order valence-corrected chi connectivity index (χ0v) is 15.4. The van der Waals surface area contributed by atoms with Crippen molar-refractivity contribution < 1.29 is 14.3 Å². The Hall–Kier alpha value is -2.89. The van der Waals surface area contributed by atoms with Crippen LogP contribution in [0.4, 0.5) is 0 Å². The summed E-state index contributed by atoms with van der Waals surface area (Å²) < 4.78 is 5.81. The maximum Gasteiger partial charge on any atom is 0.269 e. The number of ether oxygens (including phenoxy) is 1. The van der Waals surface area contributed by atoms with Gasteiger partial charge in [-0.25, -0.2) is 0 Å². The molecule has 0 aliphatic carbocycles. The van der Waals surface area contributed by atoms with Crippen molar-refractivity contribution in [1.29, 1.82) is 0 Å². The molecular weight excluding hydrogens is 330 g/mol. The van der Waals surface area contributed by atoms with Crippen LogP contribution in [0.15, 0.2) is 48.7 Å². The second-order valence-corrected chi connectivity index (χ2v) is 6.21. The van der Waals surface area contributed by atoms with Crippen molar-refractivity contribution in [2.45, 2.75) is 32.8 Å². The molecule has 138 valence electrons. The third kappa shape index (κ3) is 5.58. The Morgan fingerprint density at radius 1 is 1.00 bits per heavy atom. The highest BCUT2D eigenvalue weighted by Crippen LogP contribution is 2.26. The molecule has 6 heteroatoms. The average molecular weight is 355 g/mol. The summed E-state index contributed by atoms with van der Waals surface area (Å²) in [5.41, 5.74) is 1.41. The highest BCUT2D eigenvalue weighted by Gasteiger charge is 2.16. The van der Waals surface area contributed by atoms with Crippen molar-refractivity contribution in [2.24, 2.45) is 0 Å². The number of para-hydroxylation sites is 1. The standard InChI is InChI=1S/C20H25N3O3/c1-14(2)16-8-4-5-10-18(16)26-15(3)19(24)22-12-13-23-20(25)17-9-6-7-11-21-17/h4-11,14-15H,12-13H2,1-3H3,(H,22,24)(H,23,25). The summed E-state index contributed by atoms with van der Waals surface area (Å²) in [5.74, 6) is 0.530. The fourth-order valence-corrected chi connectivity index (χ4v) is 2.40. The monoisotopic (exact) mass is 355 g/mol. The SMILES string of the molecule is CC(Oc1ccccc1C(C)C)C(=O)NCCNC(=O)c1ccccn1. The van der Waals surface area contributed by atoms with Crippen LogP contribution < -0.4 is 15.4 Å². The molecule has 2 rings (SSSR count). The van der Waals surface area contributed by atoms with E-state index in [0.717, 1.165) is 5.56 Å². The van der Waals surface area contributed by atoms with Crippen LogP contribution in [0.25, 0.3) is 0 Å². The number of benzene rings is 1. The number of hydrogen-bond acceptors (Lipinski definition) is 4. The molecule has 0 fully saturated rings. The molecule has 0 spiro atoms. The van der Waals surface area contributed by atoms with Crippen LogP contribution in [0.1, 0.15) is 42.7 Å². The number of aromatic nitrogens is 1. The van der Waals surface area contributed by atoms with Gasteiger partial charge in [0.1, 0.15) is 11.4 Å². The van der Waals surface area contributed by atoms with Gasteiger partial charge in [0, 0.05) is 19.3 Å². The van der Waals surface area contributed by atoms with E-state index >= 15 is 0 Å². The van der Waals surface area contributed by atoms with Crippen LogP contribution in [0.2, 0.25) is 0 Å². The lowest BCUT2D eigenvalue weighted by atomic mass is 10.0. The Bertz CT molecular complexity index is 732. The minimum Gasteiger partial charge on any atom is -0.481 e. The maximum absolute atomic E-state index is 12.2. The summed E-state index contributed by atoms with van der Waals surface area (Å²) in [5, 5.41) is 5.47. The third-order valence-corrected chi connectivity index (χ3v) is 3.82. The highest BCUT2D eigenvalue weighted by atomic mass is 16.5. The molecule has 2 aromatic rings. The number of carbonyl (C=O) groups excluding carboxylic acids is 2. The molecule has 2 amide bonds. The Balaban J connectivity index is 1.77. The van der Waals surface area contributed by atoms with E-state index in [2.05, 4.69) is 29.5 Å². The zero-order chi connectivity index (χ0) is 18.9. The number of rotatable bonds is 8. The van der Waals surface area contributed by atoms with Gasteiger partial charge in [-0.1, -0.05) is 38.1 Å². The number of pyridine rings is 1. The first-order valence-corrected chi connectivity index (χ1v) is 8.71. The summed E-state index contributed by atoms with van der Waals surface area (Å²) in [6.07, 6.45) is 0.937. The molecule has 0 aliphatic heterocycles. The quantitative estimate of drug-likeness (QED) is 0.713. The first-order chi connectivity index (χ1) is 12.5. The van der Waals surface area contributed by atoms with Gasteiger partial charge in [-0.15, -0.1) is 0 Å². The highest BCUT2D eigenvalue weighted by molar-refractivity contribution is 5.92. The Morgan fingerprint density at radius 2 is 1.69 bits per heavy atom. The summed E-state index contributed by atoms with van der Waals surface area (Å²) in [4.78, 5) is 28.0. The number of nitrogens with one attached hydrogen (secondary N) is 2. The lowest BCUT2D eigenvalue weighted by molar-refractivity contribution is -0.127. The zero-order valence-electron chi connectivity index (χ0n) is 15.4. The third-order valence-electron chi connectivity index (χ3n) is 3.82. The Morgan fingerprint density at radius 3 is 2.38 bits per heavy atom. The van der Waals surface area contributed by atoms with E-state index < -0.39 is 6.10 Å². The molecule has 1 atom stereocenters. The largest absolute Gasteiger partial charge is 0.481 e. The molecule has 6 nitrogen and oxygen atoms in total. The van der Waals surface area contributed by atoms with Crippen LogP contribution in [0.5, 0.6) is 5.75 Å². The van der Waals surface area contributed by atoms with E-state index in [9.17, 15) is 9.59 Å². The molecule has 0 aliphatic rings. The fourth-order valence-electron chi connectivity index (χ4n) is 2.40. The lowest BCUT2D eigenvalue weighted by Crippen LogP contribution is -2.40. The Kier molecular flexibility index (Phi) is 7.14. The van der Waals surface area contributed by atoms with Gasteiger partial charge >= 0.3 is 0 Å².